The highest BCUT2D eigenvalue weighted by atomic mass is 15.0. The summed E-state index contributed by atoms with van der Waals surface area (Å²) in [5, 5.41) is 12.8. The molecule has 1 saturated carbocycles. The van der Waals surface area contributed by atoms with Crippen LogP contribution in [-0.4, -0.2) is 12.1 Å². The molecule has 0 aliphatic heterocycles. The van der Waals surface area contributed by atoms with Gasteiger partial charge in [0.2, 0.25) is 0 Å². The Morgan fingerprint density at radius 1 is 1.40 bits per heavy atom. The molecule has 0 bridgehead atoms. The molecule has 2 heteroatoms. The summed E-state index contributed by atoms with van der Waals surface area (Å²) in [6.07, 6.45) is 5.62. The monoisotopic (exact) mass is 208 g/mol. The molecule has 0 aromatic heterocycles. The van der Waals surface area contributed by atoms with Gasteiger partial charge < -0.3 is 0 Å². The molecular formula is C13H24N2. The smallest absolute Gasteiger partial charge is 0.106 e. The highest BCUT2D eigenvalue weighted by molar-refractivity contribution is 5.08. The van der Waals surface area contributed by atoms with Crippen molar-refractivity contribution in [3.8, 4) is 6.07 Å². The van der Waals surface area contributed by atoms with Gasteiger partial charge in [-0.1, -0.05) is 20.8 Å². The SMILES string of the molecule is CC(C)CCNC1(C#N)CCC(C)CC1. The molecule has 0 unspecified atom stereocenters. The third-order valence-corrected chi connectivity index (χ3v) is 3.53. The van der Waals surface area contributed by atoms with Crippen LogP contribution in [0.2, 0.25) is 0 Å². The number of hydrogen-bond donors (Lipinski definition) is 1. The third-order valence-electron chi connectivity index (χ3n) is 3.53. The number of rotatable bonds is 4. The Balaban J connectivity index is 2.38. The van der Waals surface area contributed by atoms with E-state index in [2.05, 4.69) is 32.2 Å². The van der Waals surface area contributed by atoms with Crippen molar-refractivity contribution < 1.29 is 0 Å². The van der Waals surface area contributed by atoms with E-state index in [1.807, 2.05) is 0 Å². The molecule has 0 amide bonds. The molecule has 0 aromatic rings. The quantitative estimate of drug-likeness (QED) is 0.770. The second-order valence-corrected chi connectivity index (χ2v) is 5.49. The van der Waals surface area contributed by atoms with Crippen LogP contribution in [0, 0.1) is 23.2 Å². The first-order valence-corrected chi connectivity index (χ1v) is 6.24. The van der Waals surface area contributed by atoms with E-state index in [4.69, 9.17) is 0 Å². The summed E-state index contributed by atoms with van der Waals surface area (Å²) in [4.78, 5) is 0. The van der Waals surface area contributed by atoms with Crippen LogP contribution in [0.25, 0.3) is 0 Å². The zero-order valence-corrected chi connectivity index (χ0v) is 10.3. The van der Waals surface area contributed by atoms with Gasteiger partial charge in [-0.25, -0.2) is 0 Å². The first-order valence-electron chi connectivity index (χ1n) is 6.24. The van der Waals surface area contributed by atoms with Gasteiger partial charge in [0.25, 0.3) is 0 Å². The molecule has 0 atom stereocenters. The van der Waals surface area contributed by atoms with Crippen molar-refractivity contribution in [2.75, 3.05) is 6.54 Å². The summed E-state index contributed by atoms with van der Waals surface area (Å²) in [5.41, 5.74) is -0.207. The van der Waals surface area contributed by atoms with Gasteiger partial charge >= 0.3 is 0 Å². The predicted molar refractivity (Wildman–Crippen MR) is 63.4 cm³/mol. The van der Waals surface area contributed by atoms with Crippen LogP contribution in [0.4, 0.5) is 0 Å². The normalized spacial score (nSPS) is 31.5. The van der Waals surface area contributed by atoms with E-state index < -0.39 is 0 Å². The number of hydrogen-bond acceptors (Lipinski definition) is 2. The Morgan fingerprint density at radius 3 is 2.47 bits per heavy atom. The van der Waals surface area contributed by atoms with Crippen LogP contribution in [0.5, 0.6) is 0 Å². The van der Waals surface area contributed by atoms with Crippen LogP contribution < -0.4 is 5.32 Å². The molecule has 1 fully saturated rings. The lowest BCUT2D eigenvalue weighted by Gasteiger charge is -2.34. The molecule has 0 aromatic carbocycles. The molecule has 1 aliphatic rings. The average molecular weight is 208 g/mol. The van der Waals surface area contributed by atoms with Crippen molar-refractivity contribution in [2.45, 2.75) is 58.4 Å². The van der Waals surface area contributed by atoms with Crippen molar-refractivity contribution in [1.29, 1.82) is 5.26 Å². The molecule has 0 spiro atoms. The van der Waals surface area contributed by atoms with E-state index in [1.165, 1.54) is 19.3 Å². The topological polar surface area (TPSA) is 35.8 Å². The van der Waals surface area contributed by atoms with Gasteiger partial charge in [0.15, 0.2) is 0 Å². The lowest BCUT2D eigenvalue weighted by molar-refractivity contribution is 0.246. The van der Waals surface area contributed by atoms with Crippen LogP contribution in [-0.2, 0) is 0 Å². The van der Waals surface area contributed by atoms with E-state index in [1.54, 1.807) is 0 Å². The molecule has 15 heavy (non-hydrogen) atoms. The highest BCUT2D eigenvalue weighted by Crippen LogP contribution is 2.31. The molecule has 0 radical (unpaired) electrons. The minimum Gasteiger partial charge on any atom is -0.299 e. The molecule has 1 rings (SSSR count). The van der Waals surface area contributed by atoms with Crippen LogP contribution in [0.3, 0.4) is 0 Å². The molecule has 2 nitrogen and oxygen atoms in total. The summed E-state index contributed by atoms with van der Waals surface area (Å²) in [6.45, 7) is 7.72. The van der Waals surface area contributed by atoms with Crippen molar-refractivity contribution >= 4 is 0 Å². The summed E-state index contributed by atoms with van der Waals surface area (Å²) in [6, 6.07) is 2.50. The predicted octanol–water partition coefficient (Wildman–Crippen LogP) is 3.09. The van der Waals surface area contributed by atoms with Crippen LogP contribution in [0.15, 0.2) is 0 Å². The maximum absolute atomic E-state index is 9.28. The summed E-state index contributed by atoms with van der Waals surface area (Å²) >= 11 is 0. The Labute approximate surface area is 94.1 Å². The maximum atomic E-state index is 9.28. The summed E-state index contributed by atoms with van der Waals surface area (Å²) in [5.74, 6) is 1.52. The fourth-order valence-corrected chi connectivity index (χ4v) is 2.18. The first kappa shape index (κ1) is 12.5. The third kappa shape index (κ3) is 3.83. The van der Waals surface area contributed by atoms with Gasteiger partial charge in [-0.3, -0.25) is 5.32 Å². The highest BCUT2D eigenvalue weighted by Gasteiger charge is 2.33. The van der Waals surface area contributed by atoms with Gasteiger partial charge in [0.1, 0.15) is 5.54 Å². The Morgan fingerprint density at radius 2 is 2.00 bits per heavy atom. The summed E-state index contributed by atoms with van der Waals surface area (Å²) in [7, 11) is 0. The van der Waals surface area contributed by atoms with E-state index >= 15 is 0 Å². The second kappa shape index (κ2) is 5.51. The van der Waals surface area contributed by atoms with E-state index in [0.29, 0.717) is 0 Å². The molecule has 0 saturated heterocycles. The average Bonchev–Trinajstić information content (AvgIpc) is 2.21. The minimum atomic E-state index is -0.207. The number of nitrogens with one attached hydrogen (secondary N) is 1. The number of nitrogens with zero attached hydrogens (tertiary/aromatic N) is 1. The first-order chi connectivity index (χ1) is 7.08. The van der Waals surface area contributed by atoms with Crippen molar-refractivity contribution in [3.05, 3.63) is 0 Å². The number of nitriles is 1. The second-order valence-electron chi connectivity index (χ2n) is 5.49. The zero-order valence-electron chi connectivity index (χ0n) is 10.3. The maximum Gasteiger partial charge on any atom is 0.106 e. The fraction of sp³-hybridized carbons (Fsp3) is 0.923. The largest absolute Gasteiger partial charge is 0.299 e. The molecule has 1 N–H and O–H groups in total. The van der Waals surface area contributed by atoms with Gasteiger partial charge in [-0.15, -0.1) is 0 Å². The lowest BCUT2D eigenvalue weighted by Crippen LogP contribution is -2.47. The fourth-order valence-electron chi connectivity index (χ4n) is 2.18. The zero-order chi connectivity index (χ0) is 11.3. The van der Waals surface area contributed by atoms with Crippen molar-refractivity contribution in [3.63, 3.8) is 0 Å². The van der Waals surface area contributed by atoms with Gasteiger partial charge in [0.05, 0.1) is 6.07 Å². The van der Waals surface area contributed by atoms with Crippen LogP contribution >= 0.6 is 0 Å². The minimum absolute atomic E-state index is 0.207. The van der Waals surface area contributed by atoms with Gasteiger partial charge in [0, 0.05) is 0 Å². The van der Waals surface area contributed by atoms with Crippen LogP contribution in [0.1, 0.15) is 52.9 Å². The van der Waals surface area contributed by atoms with Gasteiger partial charge in [-0.2, -0.15) is 5.26 Å². The van der Waals surface area contributed by atoms with Gasteiger partial charge in [-0.05, 0) is 50.5 Å². The van der Waals surface area contributed by atoms with E-state index in [-0.39, 0.29) is 5.54 Å². The Bertz CT molecular complexity index is 219. The standard InChI is InChI=1S/C13H24N2/c1-11(2)6-9-15-13(10-14)7-4-12(3)5-8-13/h11-12,15H,4-9H2,1-3H3. The molecule has 0 heterocycles. The van der Waals surface area contributed by atoms with Crippen molar-refractivity contribution in [1.82, 2.24) is 5.32 Å². The lowest BCUT2D eigenvalue weighted by atomic mass is 9.78. The van der Waals surface area contributed by atoms with Crippen molar-refractivity contribution in [2.24, 2.45) is 11.8 Å². The van der Waals surface area contributed by atoms with E-state index in [0.717, 1.165) is 31.2 Å². The Kier molecular flexibility index (Phi) is 4.60. The molecule has 1 aliphatic carbocycles. The molecular weight excluding hydrogens is 184 g/mol. The summed E-state index contributed by atoms with van der Waals surface area (Å²) < 4.78 is 0. The molecule has 86 valence electrons. The Hall–Kier alpha value is -0.550. The van der Waals surface area contributed by atoms with E-state index in [9.17, 15) is 5.26 Å².